The predicted octanol–water partition coefficient (Wildman–Crippen LogP) is 2.94. The van der Waals surface area contributed by atoms with Gasteiger partial charge in [-0.15, -0.1) is 0 Å². The Morgan fingerprint density at radius 2 is 1.81 bits per heavy atom. The summed E-state index contributed by atoms with van der Waals surface area (Å²) in [5.74, 6) is -2.52. The maximum absolute atomic E-state index is 13.5. The molecule has 0 unspecified atom stereocenters. The van der Waals surface area contributed by atoms with E-state index in [9.17, 15) is 18.4 Å². The minimum absolute atomic E-state index is 0.0671. The summed E-state index contributed by atoms with van der Waals surface area (Å²) >= 11 is 5.47. The maximum Gasteiger partial charge on any atom is 0.319 e. The van der Waals surface area contributed by atoms with Gasteiger partial charge in [0.25, 0.3) is 0 Å². The van der Waals surface area contributed by atoms with Crippen LogP contribution in [0.5, 0.6) is 0 Å². The van der Waals surface area contributed by atoms with E-state index in [1.807, 2.05) is 5.32 Å². The number of esters is 1. The Hall–Kier alpha value is -1.89. The topological polar surface area (TPSA) is 67.4 Å². The number of hydrogen-bond donors (Lipinski definition) is 2. The Kier molecular flexibility index (Phi) is 5.48. The van der Waals surface area contributed by atoms with Crippen molar-refractivity contribution in [2.45, 2.75) is 13.8 Å². The number of hydrogen-bond acceptors (Lipinski definition) is 3. The zero-order valence-electron chi connectivity index (χ0n) is 11.7. The second kappa shape index (κ2) is 6.71. The predicted molar refractivity (Wildman–Crippen MR) is 74.2 cm³/mol. The Morgan fingerprint density at radius 3 is 2.29 bits per heavy atom. The third kappa shape index (κ3) is 4.56. The van der Waals surface area contributed by atoms with Crippen LogP contribution in [0.4, 0.5) is 19.3 Å². The summed E-state index contributed by atoms with van der Waals surface area (Å²) in [7, 11) is 1.22. The quantitative estimate of drug-likeness (QED) is 0.838. The molecule has 0 aromatic heterocycles. The minimum atomic E-state index is -0.998. The third-order valence-corrected chi connectivity index (χ3v) is 2.89. The lowest BCUT2D eigenvalue weighted by Gasteiger charge is -2.21. The molecule has 1 aromatic rings. The molecule has 21 heavy (non-hydrogen) atoms. The van der Waals surface area contributed by atoms with Crippen molar-refractivity contribution < 1.29 is 23.1 Å². The third-order valence-electron chi connectivity index (χ3n) is 2.67. The summed E-state index contributed by atoms with van der Waals surface area (Å²) in [6.45, 7) is 3.05. The Labute approximate surface area is 125 Å². The van der Waals surface area contributed by atoms with Crippen molar-refractivity contribution in [1.82, 2.24) is 5.32 Å². The molecule has 5 nitrogen and oxygen atoms in total. The van der Waals surface area contributed by atoms with Crippen molar-refractivity contribution in [1.29, 1.82) is 0 Å². The fourth-order valence-corrected chi connectivity index (χ4v) is 1.66. The standard InChI is InChI=1S/C13H15ClF2N2O3/c1-13(2,11(19)21-3)6-17-12(20)18-10-8(15)4-7(14)5-9(10)16/h4-5H,6H2,1-3H3,(H2,17,18,20). The molecule has 0 saturated heterocycles. The number of rotatable bonds is 4. The number of methoxy groups -OCH3 is 1. The number of amides is 2. The minimum Gasteiger partial charge on any atom is -0.469 e. The van der Waals surface area contributed by atoms with Crippen molar-refractivity contribution in [3.63, 3.8) is 0 Å². The lowest BCUT2D eigenvalue weighted by molar-refractivity contribution is -0.150. The number of anilines is 1. The molecule has 8 heteroatoms. The second-order valence-corrected chi connectivity index (χ2v) is 5.36. The molecule has 0 atom stereocenters. The number of carbonyl (C=O) groups is 2. The van der Waals surface area contributed by atoms with Gasteiger partial charge in [-0.1, -0.05) is 11.6 Å². The molecule has 0 aliphatic carbocycles. The van der Waals surface area contributed by atoms with Crippen molar-refractivity contribution in [2.24, 2.45) is 5.41 Å². The van der Waals surface area contributed by atoms with Crippen LogP contribution in [-0.2, 0) is 9.53 Å². The van der Waals surface area contributed by atoms with E-state index in [0.29, 0.717) is 0 Å². The van der Waals surface area contributed by atoms with Gasteiger partial charge in [0.2, 0.25) is 0 Å². The van der Waals surface area contributed by atoms with Gasteiger partial charge in [0.1, 0.15) is 5.69 Å². The molecule has 116 valence electrons. The lowest BCUT2D eigenvalue weighted by atomic mass is 9.94. The van der Waals surface area contributed by atoms with E-state index in [4.69, 9.17) is 11.6 Å². The SMILES string of the molecule is COC(=O)C(C)(C)CNC(=O)Nc1c(F)cc(Cl)cc1F. The highest BCUT2D eigenvalue weighted by Gasteiger charge is 2.29. The van der Waals surface area contributed by atoms with Crippen molar-refractivity contribution in [3.05, 3.63) is 28.8 Å². The highest BCUT2D eigenvalue weighted by Crippen LogP contribution is 2.23. The highest BCUT2D eigenvalue weighted by molar-refractivity contribution is 6.30. The molecule has 2 N–H and O–H groups in total. The van der Waals surface area contributed by atoms with Crippen molar-refractivity contribution in [3.8, 4) is 0 Å². The maximum atomic E-state index is 13.5. The molecule has 0 spiro atoms. The molecule has 0 aliphatic heterocycles. The fourth-order valence-electron chi connectivity index (χ4n) is 1.47. The van der Waals surface area contributed by atoms with E-state index in [1.54, 1.807) is 13.8 Å². The Balaban J connectivity index is 2.69. The average Bonchev–Trinajstić information content (AvgIpc) is 2.39. The first-order valence-corrected chi connectivity index (χ1v) is 6.33. The largest absolute Gasteiger partial charge is 0.469 e. The molecular weight excluding hydrogens is 306 g/mol. The number of urea groups is 1. The van der Waals surface area contributed by atoms with E-state index in [-0.39, 0.29) is 11.6 Å². The Bertz CT molecular complexity index is 541. The van der Waals surface area contributed by atoms with E-state index >= 15 is 0 Å². The van der Waals surface area contributed by atoms with Gasteiger partial charge < -0.3 is 15.4 Å². The van der Waals surface area contributed by atoms with Crippen LogP contribution < -0.4 is 10.6 Å². The summed E-state index contributed by atoms with van der Waals surface area (Å²) in [5.41, 5.74) is -1.59. The van der Waals surface area contributed by atoms with Crippen LogP contribution >= 0.6 is 11.6 Å². The highest BCUT2D eigenvalue weighted by atomic mass is 35.5. The van der Waals surface area contributed by atoms with Crippen LogP contribution in [0, 0.1) is 17.0 Å². The van der Waals surface area contributed by atoms with Crippen LogP contribution in [0.2, 0.25) is 5.02 Å². The molecule has 0 radical (unpaired) electrons. The fraction of sp³-hybridized carbons (Fsp3) is 0.385. The second-order valence-electron chi connectivity index (χ2n) is 4.93. The Morgan fingerprint density at radius 1 is 1.29 bits per heavy atom. The summed E-state index contributed by atoms with van der Waals surface area (Å²) in [5, 5.41) is 4.24. The molecule has 2 amide bonds. The van der Waals surface area contributed by atoms with Crippen LogP contribution in [0.15, 0.2) is 12.1 Å². The monoisotopic (exact) mass is 320 g/mol. The molecule has 1 rings (SSSR count). The summed E-state index contributed by atoms with van der Waals surface area (Å²) in [6.07, 6.45) is 0. The van der Waals surface area contributed by atoms with E-state index < -0.39 is 34.7 Å². The lowest BCUT2D eigenvalue weighted by Crippen LogP contribution is -2.41. The van der Waals surface area contributed by atoms with Crippen LogP contribution in [0.25, 0.3) is 0 Å². The molecular formula is C13H15ClF2N2O3. The number of ether oxygens (including phenoxy) is 1. The molecule has 1 aromatic carbocycles. The number of carbonyl (C=O) groups excluding carboxylic acids is 2. The van der Waals surface area contributed by atoms with Gasteiger partial charge in [0, 0.05) is 11.6 Å². The first kappa shape index (κ1) is 17.2. The summed E-state index contributed by atoms with van der Waals surface area (Å²) in [4.78, 5) is 23.0. The van der Waals surface area contributed by atoms with Gasteiger partial charge in [0.15, 0.2) is 11.6 Å². The van der Waals surface area contributed by atoms with Gasteiger partial charge in [-0.2, -0.15) is 0 Å². The first-order chi connectivity index (χ1) is 9.67. The van der Waals surface area contributed by atoms with Gasteiger partial charge in [0.05, 0.1) is 12.5 Å². The van der Waals surface area contributed by atoms with Crippen molar-refractivity contribution >= 4 is 29.3 Å². The van der Waals surface area contributed by atoms with Crippen LogP contribution in [0.3, 0.4) is 0 Å². The molecule has 0 bridgehead atoms. The first-order valence-electron chi connectivity index (χ1n) is 5.95. The van der Waals surface area contributed by atoms with E-state index in [1.165, 1.54) is 7.11 Å². The smallest absolute Gasteiger partial charge is 0.319 e. The molecule has 0 aliphatic rings. The molecule has 0 fully saturated rings. The van der Waals surface area contributed by atoms with Crippen LogP contribution in [-0.4, -0.2) is 25.7 Å². The van der Waals surface area contributed by atoms with Gasteiger partial charge in [-0.25, -0.2) is 13.6 Å². The molecule has 0 saturated carbocycles. The average molecular weight is 321 g/mol. The van der Waals surface area contributed by atoms with Gasteiger partial charge >= 0.3 is 12.0 Å². The number of halogens is 3. The molecule has 0 heterocycles. The number of benzene rings is 1. The summed E-state index contributed by atoms with van der Waals surface area (Å²) in [6, 6.07) is 0.893. The zero-order valence-corrected chi connectivity index (χ0v) is 12.5. The van der Waals surface area contributed by atoms with Gasteiger partial charge in [-0.05, 0) is 26.0 Å². The van der Waals surface area contributed by atoms with E-state index in [2.05, 4.69) is 10.1 Å². The zero-order chi connectivity index (χ0) is 16.2. The van der Waals surface area contributed by atoms with E-state index in [0.717, 1.165) is 12.1 Å². The van der Waals surface area contributed by atoms with Gasteiger partial charge in [-0.3, -0.25) is 4.79 Å². The normalized spacial score (nSPS) is 11.0. The van der Waals surface area contributed by atoms with Crippen molar-refractivity contribution in [2.75, 3.05) is 19.0 Å². The van der Waals surface area contributed by atoms with Crippen LogP contribution in [0.1, 0.15) is 13.8 Å². The summed E-state index contributed by atoms with van der Waals surface area (Å²) < 4.78 is 31.5. The number of nitrogens with one attached hydrogen (secondary N) is 2.